The highest BCUT2D eigenvalue weighted by Gasteiger charge is 2.41. The van der Waals surface area contributed by atoms with E-state index in [1.165, 1.54) is 4.31 Å². The summed E-state index contributed by atoms with van der Waals surface area (Å²) in [6.07, 6.45) is 1.06. The molecule has 0 amide bonds. The van der Waals surface area contributed by atoms with Gasteiger partial charge in [-0.05, 0) is 40.5 Å². The van der Waals surface area contributed by atoms with Crippen molar-refractivity contribution in [3.8, 4) is 0 Å². The van der Waals surface area contributed by atoms with Crippen molar-refractivity contribution in [1.82, 2.24) is 14.1 Å². The molecule has 1 fully saturated rings. The Morgan fingerprint density at radius 3 is 2.55 bits per heavy atom. The van der Waals surface area contributed by atoms with Gasteiger partial charge in [-0.3, -0.25) is 9.48 Å². The third kappa shape index (κ3) is 2.65. The third-order valence-corrected chi connectivity index (χ3v) is 6.67. The van der Waals surface area contributed by atoms with E-state index >= 15 is 0 Å². The number of hydrogen-bond acceptors (Lipinski definition) is 4. The number of nitrogens with zero attached hydrogens (tertiary/aromatic N) is 3. The maximum atomic E-state index is 13.0. The van der Waals surface area contributed by atoms with Gasteiger partial charge in [0.05, 0.1) is 17.3 Å². The summed E-state index contributed by atoms with van der Waals surface area (Å²) in [7, 11) is -3.74. The summed E-state index contributed by atoms with van der Waals surface area (Å²) in [5.74, 6) is -1.60. The van der Waals surface area contributed by atoms with E-state index in [1.807, 2.05) is 6.92 Å². The van der Waals surface area contributed by atoms with Crippen molar-refractivity contribution in [1.29, 1.82) is 0 Å². The highest BCUT2D eigenvalue weighted by atomic mass is 32.2. The van der Waals surface area contributed by atoms with Crippen LogP contribution in [0.5, 0.6) is 0 Å². The number of sulfonamides is 1. The SMILES string of the molecule is CCn1nc(C)c(S(=O)(=O)N2CCC[C@H](C(=O)O)[C@@H]2C)c1C. The van der Waals surface area contributed by atoms with Gasteiger partial charge in [0.25, 0.3) is 0 Å². The molecule has 2 rings (SSSR count). The van der Waals surface area contributed by atoms with Gasteiger partial charge < -0.3 is 5.11 Å². The summed E-state index contributed by atoms with van der Waals surface area (Å²) < 4.78 is 29.0. The van der Waals surface area contributed by atoms with Crippen LogP contribution < -0.4 is 0 Å². The first-order valence-electron chi connectivity index (χ1n) is 7.50. The van der Waals surface area contributed by atoms with Gasteiger partial charge in [0.1, 0.15) is 4.90 Å². The fraction of sp³-hybridized carbons (Fsp3) is 0.714. The van der Waals surface area contributed by atoms with Crippen LogP contribution in [0.4, 0.5) is 0 Å². The number of aromatic nitrogens is 2. The molecule has 124 valence electrons. The van der Waals surface area contributed by atoms with E-state index in [4.69, 9.17) is 0 Å². The Balaban J connectivity index is 2.46. The highest BCUT2D eigenvalue weighted by Crippen LogP contribution is 2.31. The van der Waals surface area contributed by atoms with Crippen molar-refractivity contribution in [2.75, 3.05) is 6.54 Å². The van der Waals surface area contributed by atoms with Crippen LogP contribution in [-0.4, -0.2) is 46.2 Å². The van der Waals surface area contributed by atoms with Gasteiger partial charge in [-0.25, -0.2) is 8.42 Å². The van der Waals surface area contributed by atoms with Crippen LogP contribution in [-0.2, 0) is 21.4 Å². The molecule has 8 heteroatoms. The Morgan fingerprint density at radius 1 is 1.41 bits per heavy atom. The second kappa shape index (κ2) is 6.00. The van der Waals surface area contributed by atoms with Crippen molar-refractivity contribution in [3.63, 3.8) is 0 Å². The molecule has 2 heterocycles. The molecule has 2 atom stereocenters. The largest absolute Gasteiger partial charge is 0.481 e. The minimum atomic E-state index is -3.74. The van der Waals surface area contributed by atoms with Crippen LogP contribution in [0.1, 0.15) is 38.1 Å². The van der Waals surface area contributed by atoms with E-state index in [1.54, 1.807) is 25.5 Å². The zero-order valence-corrected chi connectivity index (χ0v) is 14.2. The number of aliphatic carboxylic acids is 1. The Kier molecular flexibility index (Phi) is 4.62. The lowest BCUT2D eigenvalue weighted by molar-refractivity contribution is -0.144. The molecule has 1 aliphatic heterocycles. The summed E-state index contributed by atoms with van der Waals surface area (Å²) in [6.45, 7) is 7.93. The molecule has 0 bridgehead atoms. The molecule has 1 N–H and O–H groups in total. The summed E-state index contributed by atoms with van der Waals surface area (Å²) in [6, 6.07) is -0.556. The minimum absolute atomic E-state index is 0.215. The number of rotatable bonds is 4. The van der Waals surface area contributed by atoms with Crippen LogP contribution in [0.25, 0.3) is 0 Å². The summed E-state index contributed by atoms with van der Waals surface area (Å²) in [4.78, 5) is 11.5. The summed E-state index contributed by atoms with van der Waals surface area (Å²) in [5, 5.41) is 13.5. The van der Waals surface area contributed by atoms with Crippen LogP contribution in [0.2, 0.25) is 0 Å². The molecule has 1 aromatic rings. The number of carboxylic acids is 1. The van der Waals surface area contributed by atoms with Gasteiger partial charge in [0.2, 0.25) is 10.0 Å². The number of carbonyl (C=O) groups is 1. The molecule has 0 aromatic carbocycles. The predicted molar refractivity (Wildman–Crippen MR) is 81.1 cm³/mol. The van der Waals surface area contributed by atoms with Crippen LogP contribution in [0, 0.1) is 19.8 Å². The van der Waals surface area contributed by atoms with Gasteiger partial charge in [0.15, 0.2) is 0 Å². The second-order valence-corrected chi connectivity index (χ2v) is 7.59. The zero-order chi connectivity index (χ0) is 16.7. The van der Waals surface area contributed by atoms with Crippen molar-refractivity contribution in [3.05, 3.63) is 11.4 Å². The Hall–Kier alpha value is -1.41. The van der Waals surface area contributed by atoms with Crippen molar-refractivity contribution in [2.45, 2.75) is 58.0 Å². The van der Waals surface area contributed by atoms with Crippen LogP contribution in [0.15, 0.2) is 4.90 Å². The third-order valence-electron chi connectivity index (χ3n) is 4.43. The average molecular weight is 329 g/mol. The molecule has 1 aliphatic rings. The lowest BCUT2D eigenvalue weighted by Gasteiger charge is -2.36. The number of hydrogen-bond donors (Lipinski definition) is 1. The molecule has 1 saturated heterocycles. The van der Waals surface area contributed by atoms with E-state index in [9.17, 15) is 18.3 Å². The molecule has 22 heavy (non-hydrogen) atoms. The predicted octanol–water partition coefficient (Wildman–Crippen LogP) is 1.39. The van der Waals surface area contributed by atoms with E-state index < -0.39 is 28.0 Å². The molecular weight excluding hydrogens is 306 g/mol. The first kappa shape index (κ1) is 17.0. The fourth-order valence-electron chi connectivity index (χ4n) is 3.26. The topological polar surface area (TPSA) is 92.5 Å². The van der Waals surface area contributed by atoms with Crippen molar-refractivity contribution < 1.29 is 18.3 Å². The lowest BCUT2D eigenvalue weighted by atomic mass is 9.92. The zero-order valence-electron chi connectivity index (χ0n) is 13.4. The highest BCUT2D eigenvalue weighted by molar-refractivity contribution is 7.89. The minimum Gasteiger partial charge on any atom is -0.481 e. The summed E-state index contributed by atoms with van der Waals surface area (Å²) in [5.41, 5.74) is 1.06. The molecule has 0 saturated carbocycles. The molecule has 0 spiro atoms. The first-order chi connectivity index (χ1) is 10.2. The lowest BCUT2D eigenvalue weighted by Crippen LogP contribution is -2.49. The number of piperidine rings is 1. The normalized spacial score (nSPS) is 23.6. The molecule has 1 aromatic heterocycles. The quantitative estimate of drug-likeness (QED) is 0.901. The molecular formula is C14H23N3O4S. The van der Waals surface area contributed by atoms with Crippen molar-refractivity contribution >= 4 is 16.0 Å². The van der Waals surface area contributed by atoms with Gasteiger partial charge >= 0.3 is 5.97 Å². The van der Waals surface area contributed by atoms with E-state index in [-0.39, 0.29) is 4.90 Å². The number of aryl methyl sites for hydroxylation is 2. The smallest absolute Gasteiger partial charge is 0.308 e. The van der Waals surface area contributed by atoms with E-state index in [0.717, 1.165) is 0 Å². The standard InChI is InChI=1S/C14H23N3O4S/c1-5-16-11(4)13(9(2)15-16)22(20,21)17-8-6-7-12(10(17)3)14(18)19/h10,12H,5-8H2,1-4H3,(H,18,19)/t10-,12-/m0/s1. The first-order valence-corrected chi connectivity index (χ1v) is 8.94. The Bertz CT molecular complexity index is 681. The van der Waals surface area contributed by atoms with E-state index in [0.29, 0.717) is 37.3 Å². The molecule has 0 unspecified atom stereocenters. The summed E-state index contributed by atoms with van der Waals surface area (Å²) >= 11 is 0. The van der Waals surface area contributed by atoms with Gasteiger partial charge in [-0.2, -0.15) is 9.40 Å². The second-order valence-electron chi connectivity index (χ2n) is 5.76. The Morgan fingerprint density at radius 2 is 2.05 bits per heavy atom. The maximum Gasteiger partial charge on any atom is 0.308 e. The van der Waals surface area contributed by atoms with Crippen molar-refractivity contribution in [2.24, 2.45) is 5.92 Å². The van der Waals surface area contributed by atoms with Gasteiger partial charge in [-0.1, -0.05) is 0 Å². The van der Waals surface area contributed by atoms with Crippen LogP contribution in [0.3, 0.4) is 0 Å². The van der Waals surface area contributed by atoms with Crippen LogP contribution >= 0.6 is 0 Å². The Labute approximate surface area is 131 Å². The van der Waals surface area contributed by atoms with Gasteiger partial charge in [0, 0.05) is 19.1 Å². The molecule has 7 nitrogen and oxygen atoms in total. The average Bonchev–Trinajstić information content (AvgIpc) is 2.73. The van der Waals surface area contributed by atoms with E-state index in [2.05, 4.69) is 5.10 Å². The monoisotopic (exact) mass is 329 g/mol. The molecule has 0 radical (unpaired) electrons. The number of carboxylic acid groups (broad SMARTS) is 1. The molecule has 0 aliphatic carbocycles. The maximum absolute atomic E-state index is 13.0. The fourth-order valence-corrected chi connectivity index (χ4v) is 5.34. The van der Waals surface area contributed by atoms with Gasteiger partial charge in [-0.15, -0.1) is 0 Å².